The summed E-state index contributed by atoms with van der Waals surface area (Å²) < 4.78 is 23.9. The van der Waals surface area contributed by atoms with Crippen LogP contribution in [0.15, 0.2) is 35.3 Å². The van der Waals surface area contributed by atoms with Crippen LogP contribution in [0.5, 0.6) is 11.5 Å². The second kappa shape index (κ2) is 8.49. The fourth-order valence-electron chi connectivity index (χ4n) is 4.20. The Kier molecular flexibility index (Phi) is 5.42. The Morgan fingerprint density at radius 1 is 1.17 bits per heavy atom. The maximum absolute atomic E-state index is 5.74. The van der Waals surface area contributed by atoms with E-state index in [1.165, 1.54) is 23.2 Å². The van der Waals surface area contributed by atoms with Crippen LogP contribution in [0.2, 0.25) is 0 Å². The lowest BCUT2D eigenvalue weighted by Gasteiger charge is -2.28. The fourth-order valence-corrected chi connectivity index (χ4v) is 4.20. The normalized spacial score (nSPS) is 15.9. The number of oxazole rings is 1. The molecule has 8 nitrogen and oxygen atoms in total. The summed E-state index contributed by atoms with van der Waals surface area (Å²) in [7, 11) is 1.73. The Morgan fingerprint density at radius 3 is 2.90 bits per heavy atom. The summed E-state index contributed by atoms with van der Waals surface area (Å²) in [5.41, 5.74) is 5.46. The van der Waals surface area contributed by atoms with Crippen molar-refractivity contribution in [3.05, 3.63) is 47.7 Å². The van der Waals surface area contributed by atoms with E-state index in [0.717, 1.165) is 68.5 Å². The molecule has 0 aliphatic carbocycles. The monoisotopic (exact) mass is 410 g/mol. The van der Waals surface area contributed by atoms with E-state index < -0.39 is 0 Å². The molecule has 158 valence electrons. The highest BCUT2D eigenvalue weighted by Crippen LogP contribution is 2.33. The second-order valence-electron chi connectivity index (χ2n) is 7.66. The van der Waals surface area contributed by atoms with Gasteiger partial charge >= 0.3 is 0 Å². The zero-order valence-corrected chi connectivity index (χ0v) is 17.2. The molecular formula is C22H26N4O4. The third-order valence-electron chi connectivity index (χ3n) is 5.62. The minimum atomic E-state index is 0.604. The van der Waals surface area contributed by atoms with Crippen LogP contribution >= 0.6 is 0 Å². The standard InChI is InChI=1S/C22H26N4O4/c1-27-8-2-6-26-19-5-7-25(13-17(19)22(24-26)18-14-28-15-23-18)12-16-3-4-20-21(11-16)30-10-9-29-20/h3-4,11,14-15H,2,5-10,12-13H2,1H3. The van der Waals surface area contributed by atoms with Gasteiger partial charge in [-0.25, -0.2) is 4.98 Å². The third-order valence-corrected chi connectivity index (χ3v) is 5.62. The molecule has 0 bridgehead atoms. The van der Waals surface area contributed by atoms with Crippen molar-refractivity contribution in [3.63, 3.8) is 0 Å². The van der Waals surface area contributed by atoms with Crippen LogP contribution in [-0.2, 0) is 30.8 Å². The quantitative estimate of drug-likeness (QED) is 0.555. The summed E-state index contributed by atoms with van der Waals surface area (Å²) >= 11 is 0. The molecular weight excluding hydrogens is 384 g/mol. The number of aryl methyl sites for hydroxylation is 1. The Morgan fingerprint density at radius 2 is 2.07 bits per heavy atom. The van der Waals surface area contributed by atoms with Crippen LogP contribution in [0, 0.1) is 0 Å². The zero-order valence-electron chi connectivity index (χ0n) is 17.2. The van der Waals surface area contributed by atoms with Gasteiger partial charge in [0.25, 0.3) is 0 Å². The van der Waals surface area contributed by atoms with Crippen molar-refractivity contribution >= 4 is 0 Å². The van der Waals surface area contributed by atoms with Gasteiger partial charge in [-0.15, -0.1) is 0 Å². The van der Waals surface area contributed by atoms with Crippen LogP contribution < -0.4 is 9.47 Å². The maximum atomic E-state index is 5.74. The van der Waals surface area contributed by atoms with Gasteiger partial charge in [0.1, 0.15) is 30.9 Å². The summed E-state index contributed by atoms with van der Waals surface area (Å²) in [6.07, 6.45) is 5.02. The molecule has 0 fully saturated rings. The van der Waals surface area contributed by atoms with Gasteiger partial charge in [0, 0.05) is 57.6 Å². The molecule has 2 aliphatic heterocycles. The van der Waals surface area contributed by atoms with E-state index in [-0.39, 0.29) is 0 Å². The summed E-state index contributed by atoms with van der Waals surface area (Å²) in [5, 5.41) is 4.88. The first-order valence-corrected chi connectivity index (χ1v) is 10.4. The minimum Gasteiger partial charge on any atom is -0.486 e. The van der Waals surface area contributed by atoms with Gasteiger partial charge < -0.3 is 18.6 Å². The largest absolute Gasteiger partial charge is 0.486 e. The van der Waals surface area contributed by atoms with Gasteiger partial charge in [0.05, 0.1) is 0 Å². The van der Waals surface area contributed by atoms with Gasteiger partial charge in [0.2, 0.25) is 0 Å². The number of hydrogen-bond donors (Lipinski definition) is 0. The summed E-state index contributed by atoms with van der Waals surface area (Å²) in [6, 6.07) is 6.22. The predicted molar refractivity (Wildman–Crippen MR) is 109 cm³/mol. The van der Waals surface area contributed by atoms with Crippen molar-refractivity contribution < 1.29 is 18.6 Å². The first-order valence-electron chi connectivity index (χ1n) is 10.4. The number of fused-ring (bicyclic) bond motifs is 2. The van der Waals surface area contributed by atoms with Gasteiger partial charge in [-0.3, -0.25) is 9.58 Å². The molecule has 2 aromatic heterocycles. The topological polar surface area (TPSA) is 74.8 Å². The average Bonchev–Trinajstić information content (AvgIpc) is 3.42. The Bertz CT molecular complexity index is 999. The molecule has 0 amide bonds. The SMILES string of the molecule is COCCCn1nc(-c2cocn2)c2c1CCN(Cc1ccc3c(c1)OCCO3)C2. The van der Waals surface area contributed by atoms with Crippen molar-refractivity contribution in [2.45, 2.75) is 32.5 Å². The third kappa shape index (κ3) is 3.80. The van der Waals surface area contributed by atoms with Crippen LogP contribution in [0.3, 0.4) is 0 Å². The molecule has 3 aromatic rings. The number of benzene rings is 1. The molecule has 5 rings (SSSR count). The van der Waals surface area contributed by atoms with Gasteiger partial charge in [-0.05, 0) is 24.1 Å². The molecule has 30 heavy (non-hydrogen) atoms. The van der Waals surface area contributed by atoms with Gasteiger partial charge in [-0.1, -0.05) is 6.07 Å². The number of aromatic nitrogens is 3. The van der Waals surface area contributed by atoms with Gasteiger partial charge in [0.15, 0.2) is 17.9 Å². The second-order valence-corrected chi connectivity index (χ2v) is 7.66. The van der Waals surface area contributed by atoms with Crippen molar-refractivity contribution in [1.82, 2.24) is 19.7 Å². The number of nitrogens with zero attached hydrogens (tertiary/aromatic N) is 4. The highest BCUT2D eigenvalue weighted by atomic mass is 16.6. The Hall–Kier alpha value is -2.84. The number of hydrogen-bond acceptors (Lipinski definition) is 7. The lowest BCUT2D eigenvalue weighted by Crippen LogP contribution is -2.31. The summed E-state index contributed by atoms with van der Waals surface area (Å²) in [6.45, 7) is 5.45. The van der Waals surface area contributed by atoms with Crippen molar-refractivity contribution in [3.8, 4) is 22.9 Å². The molecule has 4 heterocycles. The van der Waals surface area contributed by atoms with E-state index in [1.54, 1.807) is 13.4 Å². The van der Waals surface area contributed by atoms with Crippen molar-refractivity contribution in [2.75, 3.05) is 33.5 Å². The van der Waals surface area contributed by atoms with E-state index in [1.807, 2.05) is 6.07 Å². The molecule has 0 saturated heterocycles. The lowest BCUT2D eigenvalue weighted by atomic mass is 10.0. The maximum Gasteiger partial charge on any atom is 0.181 e. The van der Waals surface area contributed by atoms with Crippen molar-refractivity contribution in [1.29, 1.82) is 0 Å². The predicted octanol–water partition coefficient (Wildman–Crippen LogP) is 2.90. The average molecular weight is 410 g/mol. The van der Waals surface area contributed by atoms with Crippen LogP contribution in [0.25, 0.3) is 11.4 Å². The molecule has 8 heteroatoms. The van der Waals surface area contributed by atoms with E-state index in [9.17, 15) is 0 Å². The molecule has 0 unspecified atom stereocenters. The van der Waals surface area contributed by atoms with Crippen LogP contribution in [0.4, 0.5) is 0 Å². The zero-order chi connectivity index (χ0) is 20.3. The molecule has 0 saturated carbocycles. The number of ether oxygens (including phenoxy) is 3. The first-order chi connectivity index (χ1) is 14.8. The highest BCUT2D eigenvalue weighted by Gasteiger charge is 2.27. The van der Waals surface area contributed by atoms with Crippen molar-refractivity contribution in [2.24, 2.45) is 0 Å². The summed E-state index contributed by atoms with van der Waals surface area (Å²) in [5.74, 6) is 1.67. The fraction of sp³-hybridized carbons (Fsp3) is 0.455. The van der Waals surface area contributed by atoms with E-state index in [4.69, 9.17) is 23.7 Å². The Balaban J connectivity index is 1.37. The molecule has 0 radical (unpaired) electrons. The van der Waals surface area contributed by atoms with Crippen LogP contribution in [-0.4, -0.2) is 53.1 Å². The highest BCUT2D eigenvalue weighted by molar-refractivity contribution is 5.59. The lowest BCUT2D eigenvalue weighted by molar-refractivity contribution is 0.171. The minimum absolute atomic E-state index is 0.604. The molecule has 0 N–H and O–H groups in total. The molecule has 0 spiro atoms. The molecule has 0 atom stereocenters. The van der Waals surface area contributed by atoms with Crippen LogP contribution in [0.1, 0.15) is 23.2 Å². The molecule has 1 aromatic carbocycles. The number of rotatable bonds is 7. The van der Waals surface area contributed by atoms with E-state index >= 15 is 0 Å². The molecule has 2 aliphatic rings. The first kappa shape index (κ1) is 19.1. The smallest absolute Gasteiger partial charge is 0.181 e. The van der Waals surface area contributed by atoms with E-state index in [2.05, 4.69) is 26.7 Å². The van der Waals surface area contributed by atoms with Gasteiger partial charge in [-0.2, -0.15) is 5.10 Å². The summed E-state index contributed by atoms with van der Waals surface area (Å²) in [4.78, 5) is 6.79. The Labute approximate surface area is 175 Å². The number of methoxy groups -OCH3 is 1. The van der Waals surface area contributed by atoms with E-state index in [0.29, 0.717) is 13.2 Å².